The Labute approximate surface area is 119 Å². The molecule has 2 unspecified atom stereocenters. The van der Waals surface area contributed by atoms with E-state index in [4.69, 9.17) is 5.73 Å². The summed E-state index contributed by atoms with van der Waals surface area (Å²) < 4.78 is 0. The van der Waals surface area contributed by atoms with Gasteiger partial charge in [0.2, 0.25) is 0 Å². The maximum absolute atomic E-state index is 12.4. The molecule has 0 aliphatic heterocycles. The van der Waals surface area contributed by atoms with Crippen molar-refractivity contribution in [3.63, 3.8) is 0 Å². The van der Waals surface area contributed by atoms with Gasteiger partial charge in [-0.05, 0) is 42.0 Å². The van der Waals surface area contributed by atoms with Crippen molar-refractivity contribution in [2.24, 2.45) is 11.7 Å². The fourth-order valence-electron chi connectivity index (χ4n) is 3.05. The van der Waals surface area contributed by atoms with Crippen molar-refractivity contribution in [3.8, 4) is 0 Å². The molecule has 1 fully saturated rings. The molecular weight excluding hydrogens is 248 g/mol. The van der Waals surface area contributed by atoms with E-state index in [-0.39, 0.29) is 5.91 Å². The van der Waals surface area contributed by atoms with Gasteiger partial charge in [-0.1, -0.05) is 36.4 Å². The second-order valence-electron chi connectivity index (χ2n) is 5.68. The summed E-state index contributed by atoms with van der Waals surface area (Å²) in [6.45, 7) is 0.732. The summed E-state index contributed by atoms with van der Waals surface area (Å²) in [4.78, 5) is 12.4. The van der Waals surface area contributed by atoms with E-state index in [9.17, 15) is 4.79 Å². The maximum Gasteiger partial charge on any atom is 0.251 e. The fraction of sp³-hybridized carbons (Fsp3) is 0.353. The Morgan fingerprint density at radius 3 is 2.75 bits per heavy atom. The number of nitrogens with two attached hydrogens (primary N) is 1. The van der Waals surface area contributed by atoms with Crippen LogP contribution in [0.4, 0.5) is 0 Å². The lowest BCUT2D eigenvalue weighted by atomic mass is 10.0. The summed E-state index contributed by atoms with van der Waals surface area (Å²) in [6.07, 6.45) is 3.22. The number of amides is 1. The van der Waals surface area contributed by atoms with E-state index in [0.29, 0.717) is 12.0 Å². The van der Waals surface area contributed by atoms with E-state index in [1.54, 1.807) is 0 Å². The molecule has 3 N–H and O–H groups in total. The Balaban J connectivity index is 1.72. The SMILES string of the molecule is NC1CCC(CNC(=O)c2cccc3ccccc23)C1. The van der Waals surface area contributed by atoms with Crippen LogP contribution in [0.25, 0.3) is 10.8 Å². The van der Waals surface area contributed by atoms with Crippen LogP contribution < -0.4 is 11.1 Å². The third-order valence-electron chi connectivity index (χ3n) is 4.17. The van der Waals surface area contributed by atoms with Gasteiger partial charge in [0.1, 0.15) is 0 Å². The Hall–Kier alpha value is -1.87. The lowest BCUT2D eigenvalue weighted by molar-refractivity contribution is 0.0949. The molecule has 0 radical (unpaired) electrons. The fourth-order valence-corrected chi connectivity index (χ4v) is 3.05. The third-order valence-corrected chi connectivity index (χ3v) is 4.17. The van der Waals surface area contributed by atoms with Crippen molar-refractivity contribution in [1.29, 1.82) is 0 Å². The second-order valence-corrected chi connectivity index (χ2v) is 5.68. The Kier molecular flexibility index (Phi) is 3.70. The minimum absolute atomic E-state index is 0.0160. The first-order valence-electron chi connectivity index (χ1n) is 7.25. The molecule has 1 aliphatic carbocycles. The van der Waals surface area contributed by atoms with Crippen LogP contribution in [0.1, 0.15) is 29.6 Å². The average molecular weight is 268 g/mol. The summed E-state index contributed by atoms with van der Waals surface area (Å²) >= 11 is 0. The molecule has 1 saturated carbocycles. The van der Waals surface area contributed by atoms with Gasteiger partial charge in [-0.25, -0.2) is 0 Å². The monoisotopic (exact) mass is 268 g/mol. The molecule has 0 heterocycles. The van der Waals surface area contributed by atoms with Gasteiger partial charge in [0, 0.05) is 18.2 Å². The zero-order valence-electron chi connectivity index (χ0n) is 11.5. The molecule has 0 spiro atoms. The standard InChI is InChI=1S/C17H20N2O/c18-14-9-8-12(10-14)11-19-17(20)16-7-3-5-13-4-1-2-6-15(13)16/h1-7,12,14H,8-11,18H2,(H,19,20). The Morgan fingerprint density at radius 1 is 1.15 bits per heavy atom. The Morgan fingerprint density at radius 2 is 1.95 bits per heavy atom. The first kappa shape index (κ1) is 13.1. The number of carbonyl (C=O) groups excluding carboxylic acids is 1. The summed E-state index contributed by atoms with van der Waals surface area (Å²) in [7, 11) is 0. The van der Waals surface area contributed by atoms with Gasteiger partial charge < -0.3 is 11.1 Å². The summed E-state index contributed by atoms with van der Waals surface area (Å²) in [5, 5.41) is 5.17. The van der Waals surface area contributed by atoms with Crippen molar-refractivity contribution < 1.29 is 4.79 Å². The molecule has 3 heteroatoms. The molecule has 1 aliphatic rings. The predicted molar refractivity (Wildman–Crippen MR) is 81.6 cm³/mol. The Bertz CT molecular complexity index is 618. The first-order valence-corrected chi connectivity index (χ1v) is 7.25. The van der Waals surface area contributed by atoms with Crippen LogP contribution in [-0.2, 0) is 0 Å². The highest BCUT2D eigenvalue weighted by molar-refractivity contribution is 6.06. The van der Waals surface area contributed by atoms with Gasteiger partial charge in [0.15, 0.2) is 0 Å². The number of benzene rings is 2. The first-order chi connectivity index (χ1) is 9.74. The van der Waals surface area contributed by atoms with Crippen molar-refractivity contribution in [3.05, 3.63) is 48.0 Å². The highest BCUT2D eigenvalue weighted by atomic mass is 16.1. The van der Waals surface area contributed by atoms with E-state index in [1.807, 2.05) is 42.5 Å². The lowest BCUT2D eigenvalue weighted by Crippen LogP contribution is -2.29. The number of hydrogen-bond acceptors (Lipinski definition) is 2. The normalized spacial score (nSPS) is 22.1. The van der Waals surface area contributed by atoms with Crippen LogP contribution in [0.15, 0.2) is 42.5 Å². The van der Waals surface area contributed by atoms with Crippen LogP contribution in [-0.4, -0.2) is 18.5 Å². The van der Waals surface area contributed by atoms with E-state index in [0.717, 1.165) is 42.1 Å². The molecular formula is C17H20N2O. The van der Waals surface area contributed by atoms with Crippen LogP contribution >= 0.6 is 0 Å². The zero-order valence-corrected chi connectivity index (χ0v) is 11.5. The summed E-state index contributed by atoms with van der Waals surface area (Å²) in [5.74, 6) is 0.547. The third kappa shape index (κ3) is 2.68. The molecule has 0 bridgehead atoms. The number of carbonyl (C=O) groups is 1. The number of nitrogens with one attached hydrogen (secondary N) is 1. The molecule has 3 nitrogen and oxygen atoms in total. The molecule has 0 aromatic heterocycles. The topological polar surface area (TPSA) is 55.1 Å². The largest absolute Gasteiger partial charge is 0.352 e. The number of fused-ring (bicyclic) bond motifs is 1. The van der Waals surface area contributed by atoms with Crippen molar-refractivity contribution in [2.75, 3.05) is 6.54 Å². The van der Waals surface area contributed by atoms with E-state index in [1.165, 1.54) is 0 Å². The molecule has 1 amide bonds. The van der Waals surface area contributed by atoms with Gasteiger partial charge in [0.25, 0.3) is 5.91 Å². The molecule has 20 heavy (non-hydrogen) atoms. The van der Waals surface area contributed by atoms with Gasteiger partial charge in [-0.3, -0.25) is 4.79 Å². The molecule has 0 saturated heterocycles. The van der Waals surface area contributed by atoms with Gasteiger partial charge >= 0.3 is 0 Å². The minimum atomic E-state index is 0.0160. The van der Waals surface area contributed by atoms with Gasteiger partial charge in [-0.2, -0.15) is 0 Å². The average Bonchev–Trinajstić information content (AvgIpc) is 2.90. The van der Waals surface area contributed by atoms with Crippen molar-refractivity contribution >= 4 is 16.7 Å². The quantitative estimate of drug-likeness (QED) is 0.899. The summed E-state index contributed by atoms with van der Waals surface area (Å²) in [6, 6.07) is 14.1. The molecule has 3 rings (SSSR count). The summed E-state index contributed by atoms with van der Waals surface area (Å²) in [5.41, 5.74) is 6.66. The van der Waals surface area contributed by atoms with Crippen LogP contribution in [0.3, 0.4) is 0 Å². The lowest BCUT2D eigenvalue weighted by Gasteiger charge is -2.12. The van der Waals surface area contributed by atoms with Gasteiger partial charge in [0.05, 0.1) is 0 Å². The van der Waals surface area contributed by atoms with Crippen LogP contribution in [0.5, 0.6) is 0 Å². The molecule has 2 aromatic carbocycles. The minimum Gasteiger partial charge on any atom is -0.352 e. The van der Waals surface area contributed by atoms with E-state index < -0.39 is 0 Å². The molecule has 2 atom stereocenters. The van der Waals surface area contributed by atoms with E-state index >= 15 is 0 Å². The number of hydrogen-bond donors (Lipinski definition) is 2. The highest BCUT2D eigenvalue weighted by Gasteiger charge is 2.22. The van der Waals surface area contributed by atoms with E-state index in [2.05, 4.69) is 5.32 Å². The smallest absolute Gasteiger partial charge is 0.251 e. The second kappa shape index (κ2) is 5.63. The van der Waals surface area contributed by atoms with Crippen molar-refractivity contribution in [2.45, 2.75) is 25.3 Å². The zero-order chi connectivity index (χ0) is 13.9. The van der Waals surface area contributed by atoms with Gasteiger partial charge in [-0.15, -0.1) is 0 Å². The maximum atomic E-state index is 12.4. The van der Waals surface area contributed by atoms with Crippen LogP contribution in [0.2, 0.25) is 0 Å². The molecule has 104 valence electrons. The molecule has 2 aromatic rings. The predicted octanol–water partition coefficient (Wildman–Crippen LogP) is 2.70. The van der Waals surface area contributed by atoms with Crippen LogP contribution in [0, 0.1) is 5.92 Å². The number of rotatable bonds is 3. The highest BCUT2D eigenvalue weighted by Crippen LogP contribution is 2.23. The van der Waals surface area contributed by atoms with Crippen molar-refractivity contribution in [1.82, 2.24) is 5.32 Å².